The van der Waals surface area contributed by atoms with Crippen LogP contribution in [0.4, 0.5) is 0 Å². The molecule has 0 bridgehead atoms. The van der Waals surface area contributed by atoms with Crippen LogP contribution in [-0.2, 0) is 11.3 Å². The lowest BCUT2D eigenvalue weighted by Gasteiger charge is -2.07. The van der Waals surface area contributed by atoms with Crippen LogP contribution >= 0.6 is 11.8 Å². The maximum absolute atomic E-state index is 12.0. The van der Waals surface area contributed by atoms with Gasteiger partial charge < -0.3 is 4.57 Å². The second-order valence-electron chi connectivity index (χ2n) is 5.79. The molecule has 0 fully saturated rings. The standard InChI is InChI=1S/C19H20N6OS/c1-3-25-18(16-8-4-6-14(2)10-16)23-24-19(25)27-13-17(26)22-21-12-15-7-5-9-20-11-15/h4-12H,3,13H2,1-2H3,(H,22,26)/b21-12-. The third-order valence-electron chi connectivity index (χ3n) is 3.73. The largest absolute Gasteiger partial charge is 0.302 e. The molecule has 0 atom stereocenters. The molecule has 0 saturated carbocycles. The zero-order valence-corrected chi connectivity index (χ0v) is 16.0. The first kappa shape index (κ1) is 18.8. The molecule has 2 aromatic heterocycles. The van der Waals surface area contributed by atoms with Crippen molar-refractivity contribution >= 4 is 23.9 Å². The molecule has 0 radical (unpaired) electrons. The fraction of sp³-hybridized carbons (Fsp3) is 0.211. The van der Waals surface area contributed by atoms with E-state index in [9.17, 15) is 4.79 Å². The van der Waals surface area contributed by atoms with E-state index in [-0.39, 0.29) is 11.7 Å². The summed E-state index contributed by atoms with van der Waals surface area (Å²) in [6, 6.07) is 11.8. The summed E-state index contributed by atoms with van der Waals surface area (Å²) in [6.45, 7) is 4.80. The molecule has 8 heteroatoms. The van der Waals surface area contributed by atoms with Crippen molar-refractivity contribution in [2.45, 2.75) is 25.5 Å². The number of hydrogen-bond donors (Lipinski definition) is 1. The van der Waals surface area contributed by atoms with Crippen molar-refractivity contribution in [3.63, 3.8) is 0 Å². The number of hydrogen-bond acceptors (Lipinski definition) is 6. The minimum absolute atomic E-state index is 0.205. The van der Waals surface area contributed by atoms with Crippen molar-refractivity contribution in [2.24, 2.45) is 5.10 Å². The quantitative estimate of drug-likeness (QED) is 0.387. The van der Waals surface area contributed by atoms with Gasteiger partial charge in [-0.05, 0) is 26.0 Å². The Kier molecular flexibility index (Phi) is 6.32. The normalized spacial score (nSPS) is 11.0. The van der Waals surface area contributed by atoms with E-state index in [4.69, 9.17) is 0 Å². The summed E-state index contributed by atoms with van der Waals surface area (Å²) in [7, 11) is 0. The van der Waals surface area contributed by atoms with Gasteiger partial charge in [-0.2, -0.15) is 5.10 Å². The highest BCUT2D eigenvalue weighted by atomic mass is 32.2. The Labute approximate surface area is 161 Å². The van der Waals surface area contributed by atoms with E-state index in [0.717, 1.165) is 23.5 Å². The lowest BCUT2D eigenvalue weighted by Crippen LogP contribution is -2.20. The number of aromatic nitrogens is 4. The highest BCUT2D eigenvalue weighted by molar-refractivity contribution is 7.99. The number of amides is 1. The Morgan fingerprint density at radius 1 is 1.30 bits per heavy atom. The van der Waals surface area contributed by atoms with E-state index in [2.05, 4.69) is 31.8 Å². The number of nitrogens with zero attached hydrogens (tertiary/aromatic N) is 5. The number of nitrogens with one attached hydrogen (secondary N) is 1. The molecule has 7 nitrogen and oxygen atoms in total. The third-order valence-corrected chi connectivity index (χ3v) is 4.70. The molecule has 0 unspecified atom stereocenters. The second kappa shape index (κ2) is 9.09. The van der Waals surface area contributed by atoms with Crippen molar-refractivity contribution in [1.82, 2.24) is 25.2 Å². The predicted octanol–water partition coefficient (Wildman–Crippen LogP) is 2.91. The molecule has 1 amide bonds. The van der Waals surface area contributed by atoms with Gasteiger partial charge in [-0.25, -0.2) is 5.43 Å². The van der Waals surface area contributed by atoms with Gasteiger partial charge in [-0.3, -0.25) is 9.78 Å². The van der Waals surface area contributed by atoms with Gasteiger partial charge in [0.05, 0.1) is 12.0 Å². The minimum atomic E-state index is -0.206. The Balaban J connectivity index is 1.61. The Hall–Kier alpha value is -3.00. The summed E-state index contributed by atoms with van der Waals surface area (Å²) < 4.78 is 2.01. The summed E-state index contributed by atoms with van der Waals surface area (Å²) in [5.41, 5.74) is 5.51. The summed E-state index contributed by atoms with van der Waals surface area (Å²) in [6.07, 6.45) is 4.91. The smallest absolute Gasteiger partial charge is 0.250 e. The Morgan fingerprint density at radius 3 is 2.93 bits per heavy atom. The lowest BCUT2D eigenvalue weighted by molar-refractivity contribution is -0.118. The van der Waals surface area contributed by atoms with Crippen LogP contribution in [0, 0.1) is 6.92 Å². The highest BCUT2D eigenvalue weighted by Gasteiger charge is 2.14. The first-order valence-electron chi connectivity index (χ1n) is 8.52. The van der Waals surface area contributed by atoms with Gasteiger partial charge in [0.1, 0.15) is 0 Å². The molecule has 3 aromatic rings. The molecule has 138 valence electrons. The number of rotatable bonds is 7. The molecule has 1 aromatic carbocycles. The number of hydrazone groups is 1. The fourth-order valence-corrected chi connectivity index (χ4v) is 3.27. The third kappa shape index (κ3) is 5.01. The average molecular weight is 380 g/mol. The number of pyridine rings is 1. The molecule has 2 heterocycles. The first-order chi connectivity index (χ1) is 13.2. The molecule has 0 spiro atoms. The molecule has 0 aliphatic carbocycles. The Morgan fingerprint density at radius 2 is 2.19 bits per heavy atom. The van der Waals surface area contributed by atoms with E-state index in [1.807, 2.05) is 48.7 Å². The molecular weight excluding hydrogens is 360 g/mol. The molecule has 0 aliphatic rings. The fourth-order valence-electron chi connectivity index (χ4n) is 2.47. The summed E-state index contributed by atoms with van der Waals surface area (Å²) in [4.78, 5) is 16.0. The van der Waals surface area contributed by atoms with Crippen LogP contribution in [0.15, 0.2) is 59.0 Å². The molecule has 1 N–H and O–H groups in total. The van der Waals surface area contributed by atoms with Gasteiger partial charge in [0.15, 0.2) is 11.0 Å². The van der Waals surface area contributed by atoms with Gasteiger partial charge in [0.2, 0.25) is 0 Å². The molecule has 0 aliphatic heterocycles. The molecule has 0 saturated heterocycles. The molecular formula is C19H20N6OS. The average Bonchev–Trinajstić information content (AvgIpc) is 3.10. The SMILES string of the molecule is CCn1c(SCC(=O)N/N=C\c2cccnc2)nnc1-c1cccc(C)c1. The Bertz CT molecular complexity index is 938. The van der Waals surface area contributed by atoms with E-state index in [1.165, 1.54) is 17.3 Å². The molecule has 3 rings (SSSR count). The summed E-state index contributed by atoms with van der Waals surface area (Å²) >= 11 is 1.34. The van der Waals surface area contributed by atoms with Gasteiger partial charge >= 0.3 is 0 Å². The predicted molar refractivity (Wildman–Crippen MR) is 107 cm³/mol. The van der Waals surface area contributed by atoms with Crippen LogP contribution < -0.4 is 5.43 Å². The van der Waals surface area contributed by atoms with Crippen molar-refractivity contribution in [3.05, 3.63) is 59.9 Å². The van der Waals surface area contributed by atoms with Gasteiger partial charge in [0, 0.05) is 30.1 Å². The number of carbonyl (C=O) groups excluding carboxylic acids is 1. The van der Waals surface area contributed by atoms with Crippen LogP contribution in [0.25, 0.3) is 11.4 Å². The van der Waals surface area contributed by atoms with Crippen LogP contribution in [0.5, 0.6) is 0 Å². The van der Waals surface area contributed by atoms with Crippen molar-refractivity contribution in [1.29, 1.82) is 0 Å². The van der Waals surface area contributed by atoms with Crippen LogP contribution in [0.2, 0.25) is 0 Å². The maximum atomic E-state index is 12.0. The van der Waals surface area contributed by atoms with E-state index < -0.39 is 0 Å². The summed E-state index contributed by atoms with van der Waals surface area (Å²) in [5.74, 6) is 0.803. The van der Waals surface area contributed by atoms with Crippen molar-refractivity contribution < 1.29 is 4.79 Å². The summed E-state index contributed by atoms with van der Waals surface area (Å²) in [5, 5.41) is 13.2. The number of thioether (sulfide) groups is 1. The topological polar surface area (TPSA) is 85.1 Å². The number of benzene rings is 1. The van der Waals surface area contributed by atoms with E-state index >= 15 is 0 Å². The number of carbonyl (C=O) groups is 1. The van der Waals surface area contributed by atoms with Crippen LogP contribution in [0.1, 0.15) is 18.1 Å². The van der Waals surface area contributed by atoms with Gasteiger partial charge in [0.25, 0.3) is 5.91 Å². The van der Waals surface area contributed by atoms with Gasteiger partial charge in [-0.15, -0.1) is 10.2 Å². The van der Waals surface area contributed by atoms with E-state index in [1.54, 1.807) is 18.6 Å². The van der Waals surface area contributed by atoms with Crippen LogP contribution in [0.3, 0.4) is 0 Å². The zero-order valence-electron chi connectivity index (χ0n) is 15.2. The first-order valence-corrected chi connectivity index (χ1v) is 9.51. The maximum Gasteiger partial charge on any atom is 0.250 e. The second-order valence-corrected chi connectivity index (χ2v) is 6.73. The van der Waals surface area contributed by atoms with Crippen molar-refractivity contribution in [2.75, 3.05) is 5.75 Å². The lowest BCUT2D eigenvalue weighted by atomic mass is 10.1. The molecule has 27 heavy (non-hydrogen) atoms. The van der Waals surface area contributed by atoms with Gasteiger partial charge in [-0.1, -0.05) is 41.6 Å². The minimum Gasteiger partial charge on any atom is -0.302 e. The van der Waals surface area contributed by atoms with E-state index in [0.29, 0.717) is 5.16 Å². The highest BCUT2D eigenvalue weighted by Crippen LogP contribution is 2.24. The monoisotopic (exact) mass is 380 g/mol. The number of aryl methyl sites for hydroxylation is 1. The van der Waals surface area contributed by atoms with Crippen molar-refractivity contribution in [3.8, 4) is 11.4 Å². The zero-order chi connectivity index (χ0) is 19.1. The van der Waals surface area contributed by atoms with Crippen LogP contribution in [-0.4, -0.2) is 37.6 Å².